The first-order valence-electron chi connectivity index (χ1n) is 8.26. The Kier molecular flexibility index (Phi) is 4.37. The topological polar surface area (TPSA) is 37.3 Å². The summed E-state index contributed by atoms with van der Waals surface area (Å²) in [5.41, 5.74) is 2.20. The third-order valence-corrected chi connectivity index (χ3v) is 6.27. The van der Waals surface area contributed by atoms with Crippen LogP contribution in [-0.4, -0.2) is 11.1 Å². The summed E-state index contributed by atoms with van der Waals surface area (Å²) in [5, 5.41) is 9.79. The zero-order chi connectivity index (χ0) is 15.8. The van der Waals surface area contributed by atoms with Gasteiger partial charge in [-0.05, 0) is 70.1 Å². The maximum Gasteiger partial charge on any atom is 0.309 e. The van der Waals surface area contributed by atoms with E-state index in [4.69, 9.17) is 0 Å². The standard InChI is InChI=1S/C19H30O2/c1-13(2)7-9-15-14(3)8-10-16-18(15,4)11-6-12-19(16,5)17(20)21/h7,15-16H,3,6,8-12H2,1-2,4-5H3,(H,20,21)/t15-,16?,18+,19-/m0/s1. The molecular formula is C19H30O2. The number of hydrogen-bond acceptors (Lipinski definition) is 1. The second-order valence-corrected chi connectivity index (χ2v) is 7.90. The van der Waals surface area contributed by atoms with Gasteiger partial charge in [0, 0.05) is 0 Å². The molecule has 1 unspecified atom stereocenters. The summed E-state index contributed by atoms with van der Waals surface area (Å²) in [4.78, 5) is 11.9. The molecule has 0 bridgehead atoms. The van der Waals surface area contributed by atoms with E-state index < -0.39 is 11.4 Å². The van der Waals surface area contributed by atoms with Crippen LogP contribution < -0.4 is 0 Å². The summed E-state index contributed by atoms with van der Waals surface area (Å²) in [6.07, 6.45) is 8.29. The van der Waals surface area contributed by atoms with E-state index in [1.54, 1.807) is 0 Å². The molecule has 0 aromatic carbocycles. The Labute approximate surface area is 129 Å². The van der Waals surface area contributed by atoms with Crippen molar-refractivity contribution >= 4 is 5.97 Å². The van der Waals surface area contributed by atoms with Crippen molar-refractivity contribution in [2.24, 2.45) is 22.7 Å². The Hall–Kier alpha value is -1.05. The Bertz CT molecular complexity index is 472. The van der Waals surface area contributed by atoms with Gasteiger partial charge >= 0.3 is 5.97 Å². The van der Waals surface area contributed by atoms with Crippen LogP contribution in [-0.2, 0) is 4.79 Å². The Morgan fingerprint density at radius 2 is 2.05 bits per heavy atom. The van der Waals surface area contributed by atoms with E-state index in [1.165, 1.54) is 11.1 Å². The van der Waals surface area contributed by atoms with E-state index in [0.717, 1.165) is 38.5 Å². The van der Waals surface area contributed by atoms with E-state index in [-0.39, 0.29) is 11.3 Å². The van der Waals surface area contributed by atoms with Gasteiger partial charge in [-0.2, -0.15) is 0 Å². The molecule has 2 rings (SSSR count). The molecule has 2 aliphatic rings. The van der Waals surface area contributed by atoms with Crippen LogP contribution in [0.3, 0.4) is 0 Å². The van der Waals surface area contributed by atoms with Gasteiger partial charge in [-0.25, -0.2) is 0 Å². The minimum absolute atomic E-state index is 0.0900. The van der Waals surface area contributed by atoms with Crippen LogP contribution in [0.15, 0.2) is 23.8 Å². The van der Waals surface area contributed by atoms with Crippen molar-refractivity contribution in [3.05, 3.63) is 23.8 Å². The first-order valence-corrected chi connectivity index (χ1v) is 8.26. The van der Waals surface area contributed by atoms with E-state index >= 15 is 0 Å². The molecule has 0 amide bonds. The minimum atomic E-state index is -0.605. The van der Waals surface area contributed by atoms with Crippen molar-refractivity contribution in [2.75, 3.05) is 0 Å². The van der Waals surface area contributed by atoms with Gasteiger partial charge in [-0.3, -0.25) is 4.79 Å². The van der Waals surface area contributed by atoms with Gasteiger partial charge in [-0.15, -0.1) is 0 Å². The fourth-order valence-corrected chi connectivity index (χ4v) is 4.99. The molecule has 0 aromatic heterocycles. The van der Waals surface area contributed by atoms with Crippen LogP contribution >= 0.6 is 0 Å². The highest BCUT2D eigenvalue weighted by Gasteiger charge is 2.57. The number of aliphatic carboxylic acids is 1. The number of carbonyl (C=O) groups is 1. The van der Waals surface area contributed by atoms with Gasteiger partial charge in [-0.1, -0.05) is 37.1 Å². The van der Waals surface area contributed by atoms with Crippen molar-refractivity contribution in [2.45, 2.75) is 66.2 Å². The zero-order valence-electron chi connectivity index (χ0n) is 14.0. The molecule has 0 radical (unpaired) electrons. The molecule has 0 heterocycles. The fraction of sp³-hybridized carbons (Fsp3) is 0.737. The average molecular weight is 290 g/mol. The lowest BCUT2D eigenvalue weighted by Gasteiger charge is -2.57. The zero-order valence-corrected chi connectivity index (χ0v) is 14.0. The number of rotatable bonds is 3. The third kappa shape index (κ3) is 2.69. The lowest BCUT2D eigenvalue weighted by molar-refractivity contribution is -0.164. The first kappa shape index (κ1) is 16.3. The van der Waals surface area contributed by atoms with Gasteiger partial charge in [0.25, 0.3) is 0 Å². The molecule has 2 aliphatic carbocycles. The van der Waals surface area contributed by atoms with Crippen molar-refractivity contribution in [1.82, 2.24) is 0 Å². The maximum atomic E-state index is 11.9. The molecule has 0 aromatic rings. The first-order chi connectivity index (χ1) is 9.71. The van der Waals surface area contributed by atoms with Crippen molar-refractivity contribution in [3.8, 4) is 0 Å². The normalized spacial score (nSPS) is 39.5. The summed E-state index contributed by atoms with van der Waals surface area (Å²) >= 11 is 0. The average Bonchev–Trinajstić information content (AvgIpc) is 2.36. The highest BCUT2D eigenvalue weighted by molar-refractivity contribution is 5.75. The van der Waals surface area contributed by atoms with E-state index in [1.807, 2.05) is 6.92 Å². The largest absolute Gasteiger partial charge is 0.481 e. The number of allylic oxidation sites excluding steroid dienone is 3. The molecule has 4 atom stereocenters. The minimum Gasteiger partial charge on any atom is -0.481 e. The lowest BCUT2D eigenvalue weighted by Crippen LogP contribution is -2.53. The highest BCUT2D eigenvalue weighted by atomic mass is 16.4. The second-order valence-electron chi connectivity index (χ2n) is 7.90. The van der Waals surface area contributed by atoms with Gasteiger partial charge in [0.1, 0.15) is 0 Å². The highest BCUT2D eigenvalue weighted by Crippen LogP contribution is 2.61. The number of carboxylic acids is 1. The van der Waals surface area contributed by atoms with Crippen LogP contribution in [0.1, 0.15) is 66.2 Å². The molecule has 2 saturated carbocycles. The molecule has 0 spiro atoms. The van der Waals surface area contributed by atoms with Crippen LogP contribution in [0.25, 0.3) is 0 Å². The molecular weight excluding hydrogens is 260 g/mol. The fourth-order valence-electron chi connectivity index (χ4n) is 4.99. The molecule has 0 aliphatic heterocycles. The predicted octanol–water partition coefficient (Wildman–Crippen LogP) is 5.21. The molecule has 2 heteroatoms. The Morgan fingerprint density at radius 3 is 2.62 bits per heavy atom. The van der Waals surface area contributed by atoms with Crippen LogP contribution in [0, 0.1) is 22.7 Å². The lowest BCUT2D eigenvalue weighted by atomic mass is 9.46. The van der Waals surface area contributed by atoms with Crippen LogP contribution in [0.2, 0.25) is 0 Å². The van der Waals surface area contributed by atoms with Crippen molar-refractivity contribution in [3.63, 3.8) is 0 Å². The van der Waals surface area contributed by atoms with Crippen molar-refractivity contribution in [1.29, 1.82) is 0 Å². The third-order valence-electron chi connectivity index (χ3n) is 6.27. The van der Waals surface area contributed by atoms with E-state index in [2.05, 4.69) is 33.4 Å². The van der Waals surface area contributed by atoms with Gasteiger partial charge < -0.3 is 5.11 Å². The number of fused-ring (bicyclic) bond motifs is 1. The maximum absolute atomic E-state index is 11.9. The van der Waals surface area contributed by atoms with Crippen LogP contribution in [0.5, 0.6) is 0 Å². The SMILES string of the molecule is C=C1CCC2[C@](C)(CCC[C@]2(C)C(=O)O)[C@H]1CC=C(C)C. The smallest absolute Gasteiger partial charge is 0.309 e. The Balaban J connectivity index is 2.37. The molecule has 2 nitrogen and oxygen atoms in total. The van der Waals surface area contributed by atoms with Gasteiger partial charge in [0.05, 0.1) is 5.41 Å². The van der Waals surface area contributed by atoms with Crippen LogP contribution in [0.4, 0.5) is 0 Å². The van der Waals surface area contributed by atoms with E-state index in [9.17, 15) is 9.90 Å². The van der Waals surface area contributed by atoms with Gasteiger partial charge in [0.2, 0.25) is 0 Å². The molecule has 1 N–H and O–H groups in total. The van der Waals surface area contributed by atoms with E-state index in [0.29, 0.717) is 5.92 Å². The summed E-state index contributed by atoms with van der Waals surface area (Å²) < 4.78 is 0. The van der Waals surface area contributed by atoms with Gasteiger partial charge in [0.15, 0.2) is 0 Å². The molecule has 21 heavy (non-hydrogen) atoms. The Morgan fingerprint density at radius 1 is 1.38 bits per heavy atom. The van der Waals surface area contributed by atoms with Crippen molar-refractivity contribution < 1.29 is 9.90 Å². The summed E-state index contributed by atoms with van der Waals surface area (Å²) in [6, 6.07) is 0. The quantitative estimate of drug-likeness (QED) is 0.725. The summed E-state index contributed by atoms with van der Waals surface area (Å²) in [5.74, 6) is 0.106. The molecule has 0 saturated heterocycles. The predicted molar refractivity (Wildman–Crippen MR) is 87.1 cm³/mol. The molecule has 2 fully saturated rings. The molecule has 118 valence electrons. The monoisotopic (exact) mass is 290 g/mol. The second kappa shape index (κ2) is 5.62. The summed E-state index contributed by atoms with van der Waals surface area (Å²) in [6.45, 7) is 12.9. The summed E-state index contributed by atoms with van der Waals surface area (Å²) in [7, 11) is 0. The number of carboxylic acid groups (broad SMARTS) is 1. The number of hydrogen-bond donors (Lipinski definition) is 1.